The summed E-state index contributed by atoms with van der Waals surface area (Å²) in [6.07, 6.45) is 3.17. The molecule has 1 unspecified atom stereocenters. The monoisotopic (exact) mass is 242 g/mol. The second kappa shape index (κ2) is 4.48. The summed E-state index contributed by atoms with van der Waals surface area (Å²) in [6, 6.07) is 8.11. The van der Waals surface area contributed by atoms with Crippen LogP contribution in [0.4, 0.5) is 5.69 Å². The van der Waals surface area contributed by atoms with Crippen LogP contribution in [-0.2, 0) is 4.79 Å². The number of anilines is 1. The van der Waals surface area contributed by atoms with E-state index in [1.807, 2.05) is 23.1 Å². The Labute approximate surface area is 107 Å². The van der Waals surface area contributed by atoms with Gasteiger partial charge >= 0.3 is 0 Å². The van der Waals surface area contributed by atoms with Crippen molar-refractivity contribution < 1.29 is 4.79 Å². The fraction of sp³-hybridized carbons (Fsp3) is 0.400. The van der Waals surface area contributed by atoms with Crippen LogP contribution in [0, 0.1) is 0 Å². The van der Waals surface area contributed by atoms with E-state index in [0.29, 0.717) is 0 Å². The number of nitrogens with one attached hydrogen (secondary N) is 1. The number of carbonyl (C=O) groups excluding carboxylic acids is 1. The lowest BCUT2D eigenvalue weighted by molar-refractivity contribution is -0.132. The molecule has 2 aliphatic heterocycles. The van der Waals surface area contributed by atoms with Crippen molar-refractivity contribution in [3.63, 3.8) is 0 Å². The Balaban J connectivity index is 1.79. The third-order valence-electron chi connectivity index (χ3n) is 3.88. The maximum atomic E-state index is 12.5. The number of amides is 1. The van der Waals surface area contributed by atoms with Gasteiger partial charge in [-0.1, -0.05) is 29.8 Å². The van der Waals surface area contributed by atoms with Crippen LogP contribution in [0.2, 0.25) is 0 Å². The summed E-state index contributed by atoms with van der Waals surface area (Å²) in [5.41, 5.74) is 3.65. The summed E-state index contributed by atoms with van der Waals surface area (Å²) < 4.78 is 0. The number of fused-ring (bicyclic) bond motifs is 1. The van der Waals surface area contributed by atoms with E-state index in [1.165, 1.54) is 5.57 Å². The quantitative estimate of drug-likeness (QED) is 0.767. The predicted molar refractivity (Wildman–Crippen MR) is 72.6 cm³/mol. The molecule has 0 aromatic heterocycles. The van der Waals surface area contributed by atoms with E-state index in [4.69, 9.17) is 0 Å². The van der Waals surface area contributed by atoms with Crippen LogP contribution in [0.15, 0.2) is 35.9 Å². The topological polar surface area (TPSA) is 32.3 Å². The molecule has 2 aliphatic rings. The third kappa shape index (κ3) is 1.90. The molecule has 3 nitrogen and oxygen atoms in total. The van der Waals surface area contributed by atoms with Gasteiger partial charge in [0.05, 0.1) is 5.92 Å². The largest absolute Gasteiger partial charge is 0.384 e. The molecule has 94 valence electrons. The molecule has 0 spiro atoms. The molecule has 1 aromatic carbocycles. The molecule has 2 heterocycles. The van der Waals surface area contributed by atoms with Crippen molar-refractivity contribution in [2.45, 2.75) is 19.3 Å². The first-order chi connectivity index (χ1) is 8.75. The fourth-order valence-electron chi connectivity index (χ4n) is 2.70. The summed E-state index contributed by atoms with van der Waals surface area (Å²) in [6.45, 7) is 4.49. The lowest BCUT2D eigenvalue weighted by Gasteiger charge is -2.28. The minimum Gasteiger partial charge on any atom is -0.384 e. The average Bonchev–Trinajstić information content (AvgIpc) is 2.82. The maximum absolute atomic E-state index is 12.5. The van der Waals surface area contributed by atoms with Crippen LogP contribution < -0.4 is 5.32 Å². The van der Waals surface area contributed by atoms with Gasteiger partial charge in [-0.3, -0.25) is 4.79 Å². The van der Waals surface area contributed by atoms with Crippen LogP contribution in [0.3, 0.4) is 0 Å². The first-order valence-electron chi connectivity index (χ1n) is 6.53. The van der Waals surface area contributed by atoms with E-state index in [9.17, 15) is 4.79 Å². The smallest absolute Gasteiger partial charge is 0.232 e. The zero-order chi connectivity index (χ0) is 12.5. The predicted octanol–water partition coefficient (Wildman–Crippen LogP) is 2.37. The number of hydrogen-bond acceptors (Lipinski definition) is 2. The summed E-state index contributed by atoms with van der Waals surface area (Å²) in [4.78, 5) is 14.5. The van der Waals surface area contributed by atoms with Gasteiger partial charge in [0.25, 0.3) is 0 Å². The Kier molecular flexibility index (Phi) is 2.82. The molecule has 0 radical (unpaired) electrons. The fourth-order valence-corrected chi connectivity index (χ4v) is 2.70. The number of para-hydroxylation sites is 1. The first-order valence-corrected chi connectivity index (χ1v) is 6.53. The van der Waals surface area contributed by atoms with Crippen molar-refractivity contribution >= 4 is 11.6 Å². The number of carbonyl (C=O) groups is 1. The molecule has 0 saturated heterocycles. The second-order valence-corrected chi connectivity index (χ2v) is 5.11. The summed E-state index contributed by atoms with van der Waals surface area (Å²) in [5.74, 6) is 0.254. The lowest BCUT2D eigenvalue weighted by Crippen LogP contribution is -2.38. The van der Waals surface area contributed by atoms with Crippen molar-refractivity contribution in [3.8, 4) is 0 Å². The van der Waals surface area contributed by atoms with Gasteiger partial charge in [0, 0.05) is 25.3 Å². The maximum Gasteiger partial charge on any atom is 0.232 e. The van der Waals surface area contributed by atoms with E-state index < -0.39 is 0 Å². The van der Waals surface area contributed by atoms with Gasteiger partial charge in [-0.15, -0.1) is 0 Å². The van der Waals surface area contributed by atoms with Crippen molar-refractivity contribution in [1.82, 2.24) is 4.90 Å². The molecule has 0 fully saturated rings. The van der Waals surface area contributed by atoms with Crippen LogP contribution in [0.5, 0.6) is 0 Å². The second-order valence-electron chi connectivity index (χ2n) is 5.11. The van der Waals surface area contributed by atoms with Crippen molar-refractivity contribution in [3.05, 3.63) is 41.5 Å². The third-order valence-corrected chi connectivity index (χ3v) is 3.88. The molecule has 1 amide bonds. The van der Waals surface area contributed by atoms with E-state index in [1.54, 1.807) is 0 Å². The zero-order valence-electron chi connectivity index (χ0n) is 10.6. The highest BCUT2D eigenvalue weighted by Gasteiger charge is 2.31. The Hall–Kier alpha value is -1.77. The average molecular weight is 242 g/mol. The van der Waals surface area contributed by atoms with E-state index in [-0.39, 0.29) is 11.8 Å². The summed E-state index contributed by atoms with van der Waals surface area (Å²) in [7, 11) is 0. The molecule has 1 atom stereocenters. The van der Waals surface area contributed by atoms with Gasteiger partial charge in [-0.2, -0.15) is 0 Å². The van der Waals surface area contributed by atoms with Gasteiger partial charge in [0.1, 0.15) is 0 Å². The van der Waals surface area contributed by atoms with Crippen LogP contribution in [-0.4, -0.2) is 30.4 Å². The number of hydrogen-bond donors (Lipinski definition) is 1. The Morgan fingerprint density at radius 2 is 2.22 bits per heavy atom. The number of benzene rings is 1. The highest BCUT2D eigenvalue weighted by atomic mass is 16.2. The molecule has 1 N–H and O–H groups in total. The van der Waals surface area contributed by atoms with Gasteiger partial charge < -0.3 is 10.2 Å². The lowest BCUT2D eigenvalue weighted by atomic mass is 9.98. The summed E-state index contributed by atoms with van der Waals surface area (Å²) in [5, 5.41) is 3.32. The van der Waals surface area contributed by atoms with Gasteiger partial charge in [-0.25, -0.2) is 0 Å². The molecule has 3 heteroatoms. The molecular weight excluding hydrogens is 224 g/mol. The molecule has 0 saturated carbocycles. The molecule has 18 heavy (non-hydrogen) atoms. The summed E-state index contributed by atoms with van der Waals surface area (Å²) >= 11 is 0. The minimum absolute atomic E-state index is 0.00648. The molecule has 1 aromatic rings. The Morgan fingerprint density at radius 3 is 3.00 bits per heavy atom. The van der Waals surface area contributed by atoms with Gasteiger partial charge in [-0.05, 0) is 25.0 Å². The highest BCUT2D eigenvalue weighted by molar-refractivity contribution is 5.88. The number of nitrogens with zero attached hydrogens (tertiary/aromatic N) is 1. The van der Waals surface area contributed by atoms with Gasteiger partial charge in [0.15, 0.2) is 0 Å². The van der Waals surface area contributed by atoms with E-state index in [0.717, 1.165) is 37.3 Å². The van der Waals surface area contributed by atoms with E-state index >= 15 is 0 Å². The highest BCUT2D eigenvalue weighted by Crippen LogP contribution is 2.32. The normalized spacial score (nSPS) is 22.2. The number of rotatable bonds is 1. The molecule has 3 rings (SSSR count). The zero-order valence-corrected chi connectivity index (χ0v) is 10.6. The van der Waals surface area contributed by atoms with Gasteiger partial charge in [0.2, 0.25) is 5.91 Å². The van der Waals surface area contributed by atoms with Crippen molar-refractivity contribution in [2.75, 3.05) is 25.0 Å². The van der Waals surface area contributed by atoms with Crippen LogP contribution in [0.25, 0.3) is 0 Å². The Morgan fingerprint density at radius 1 is 1.39 bits per heavy atom. The van der Waals surface area contributed by atoms with Crippen molar-refractivity contribution in [2.24, 2.45) is 0 Å². The van der Waals surface area contributed by atoms with E-state index in [2.05, 4.69) is 24.4 Å². The Bertz CT molecular complexity index is 507. The van der Waals surface area contributed by atoms with Crippen LogP contribution in [0.1, 0.15) is 24.8 Å². The first kappa shape index (κ1) is 11.3. The minimum atomic E-state index is -0.00648. The standard InChI is InChI=1S/C15H18N2O/c1-11-6-8-17(9-7-11)15(18)13-10-16-14-5-3-2-4-12(13)14/h2-6,13,16H,7-10H2,1H3. The molecule has 0 aliphatic carbocycles. The van der Waals surface area contributed by atoms with Crippen LogP contribution >= 0.6 is 0 Å². The molecular formula is C15H18N2O. The molecule has 0 bridgehead atoms. The van der Waals surface area contributed by atoms with Crippen molar-refractivity contribution in [1.29, 1.82) is 0 Å². The SMILES string of the molecule is CC1=CCN(C(=O)C2CNc3ccccc32)CC1.